The van der Waals surface area contributed by atoms with E-state index >= 15 is 0 Å². The fourth-order valence-electron chi connectivity index (χ4n) is 1.97. The molecule has 2 rings (SSSR count). The highest BCUT2D eigenvalue weighted by molar-refractivity contribution is 5.76. The van der Waals surface area contributed by atoms with Gasteiger partial charge >= 0.3 is 0 Å². The Morgan fingerprint density at radius 3 is 3.12 bits per heavy atom. The van der Waals surface area contributed by atoms with Gasteiger partial charge in [0.2, 0.25) is 5.91 Å². The minimum absolute atomic E-state index is 0.0988. The van der Waals surface area contributed by atoms with Crippen LogP contribution in [-0.4, -0.2) is 12.5 Å². The van der Waals surface area contributed by atoms with Gasteiger partial charge in [-0.1, -0.05) is 25.1 Å². The van der Waals surface area contributed by atoms with Crippen LogP contribution in [0.1, 0.15) is 37.8 Å². The van der Waals surface area contributed by atoms with E-state index in [0.717, 1.165) is 30.8 Å². The number of benzene rings is 1. The molecule has 1 aromatic carbocycles. The van der Waals surface area contributed by atoms with Crippen LogP contribution in [-0.2, 0) is 4.79 Å². The lowest BCUT2D eigenvalue weighted by Gasteiger charge is -2.17. The first kappa shape index (κ1) is 11.0. The maximum absolute atomic E-state index is 11.5. The van der Waals surface area contributed by atoms with Crippen LogP contribution in [0.15, 0.2) is 24.3 Å². The van der Waals surface area contributed by atoms with E-state index in [9.17, 15) is 4.79 Å². The van der Waals surface area contributed by atoms with Crippen molar-refractivity contribution in [3.8, 4) is 5.75 Å². The van der Waals surface area contributed by atoms with Crippen LogP contribution in [0.3, 0.4) is 0 Å². The highest BCUT2D eigenvalue weighted by Crippen LogP contribution is 2.30. The lowest BCUT2D eigenvalue weighted by Crippen LogP contribution is -2.27. The van der Waals surface area contributed by atoms with Crippen molar-refractivity contribution in [1.82, 2.24) is 5.32 Å². The lowest BCUT2D eigenvalue weighted by molar-refractivity contribution is -0.121. The SMILES string of the molecule is CCC(=O)N[C@@H]1CCCOc2ccccc21. The molecule has 1 heterocycles. The third-order valence-electron chi connectivity index (χ3n) is 2.85. The molecule has 0 fully saturated rings. The molecule has 0 saturated carbocycles. The summed E-state index contributed by atoms with van der Waals surface area (Å²) in [7, 11) is 0. The van der Waals surface area contributed by atoms with E-state index in [4.69, 9.17) is 4.74 Å². The second-order valence-corrected chi connectivity index (χ2v) is 4.00. The lowest BCUT2D eigenvalue weighted by atomic mass is 10.0. The average Bonchev–Trinajstić information content (AvgIpc) is 2.52. The Balaban J connectivity index is 2.22. The molecule has 0 aromatic heterocycles. The molecule has 0 saturated heterocycles. The first-order valence-corrected chi connectivity index (χ1v) is 5.82. The number of nitrogens with one attached hydrogen (secondary N) is 1. The largest absolute Gasteiger partial charge is 0.493 e. The van der Waals surface area contributed by atoms with Gasteiger partial charge in [-0.15, -0.1) is 0 Å². The predicted molar refractivity (Wildman–Crippen MR) is 62.3 cm³/mol. The summed E-state index contributed by atoms with van der Waals surface area (Å²) in [6.45, 7) is 2.60. The number of rotatable bonds is 2. The molecule has 16 heavy (non-hydrogen) atoms. The van der Waals surface area contributed by atoms with Crippen LogP contribution >= 0.6 is 0 Å². The number of hydrogen-bond donors (Lipinski definition) is 1. The number of carbonyl (C=O) groups excluding carboxylic acids is 1. The smallest absolute Gasteiger partial charge is 0.220 e. The molecule has 1 amide bonds. The normalized spacial score (nSPS) is 19.2. The van der Waals surface area contributed by atoms with Gasteiger partial charge in [0, 0.05) is 12.0 Å². The standard InChI is InChI=1S/C13H17NO2/c1-2-13(15)14-11-7-5-9-16-12-8-4-3-6-10(11)12/h3-4,6,8,11H,2,5,7,9H2,1H3,(H,14,15)/t11-/m1/s1. The van der Waals surface area contributed by atoms with Gasteiger partial charge in [0.05, 0.1) is 12.6 Å². The van der Waals surface area contributed by atoms with Crippen molar-refractivity contribution in [2.24, 2.45) is 0 Å². The first-order chi connectivity index (χ1) is 7.81. The maximum Gasteiger partial charge on any atom is 0.220 e. The highest BCUT2D eigenvalue weighted by Gasteiger charge is 2.20. The van der Waals surface area contributed by atoms with Gasteiger partial charge in [-0.3, -0.25) is 4.79 Å². The van der Waals surface area contributed by atoms with Gasteiger partial charge in [0.15, 0.2) is 0 Å². The molecule has 1 atom stereocenters. The third-order valence-corrected chi connectivity index (χ3v) is 2.85. The number of para-hydroxylation sites is 1. The Bertz CT molecular complexity index is 376. The average molecular weight is 219 g/mol. The van der Waals surface area contributed by atoms with Crippen molar-refractivity contribution >= 4 is 5.91 Å². The van der Waals surface area contributed by atoms with Gasteiger partial charge in [0.1, 0.15) is 5.75 Å². The molecule has 1 N–H and O–H groups in total. The van der Waals surface area contributed by atoms with Gasteiger partial charge in [0.25, 0.3) is 0 Å². The van der Waals surface area contributed by atoms with Crippen LogP contribution in [0.2, 0.25) is 0 Å². The molecule has 0 aliphatic carbocycles. The summed E-state index contributed by atoms with van der Waals surface area (Å²) in [4.78, 5) is 11.5. The molecule has 0 radical (unpaired) electrons. The fraction of sp³-hybridized carbons (Fsp3) is 0.462. The molecular formula is C13H17NO2. The zero-order valence-corrected chi connectivity index (χ0v) is 9.53. The van der Waals surface area contributed by atoms with E-state index in [1.54, 1.807) is 0 Å². The molecule has 1 aliphatic heterocycles. The molecule has 0 spiro atoms. The Labute approximate surface area is 95.8 Å². The van der Waals surface area contributed by atoms with E-state index in [-0.39, 0.29) is 11.9 Å². The maximum atomic E-state index is 11.5. The minimum atomic E-state index is 0.0988. The van der Waals surface area contributed by atoms with E-state index in [1.165, 1.54) is 0 Å². The summed E-state index contributed by atoms with van der Waals surface area (Å²) in [5.74, 6) is 1.00. The molecule has 0 unspecified atom stereocenters. The Morgan fingerprint density at radius 2 is 2.31 bits per heavy atom. The first-order valence-electron chi connectivity index (χ1n) is 5.82. The van der Waals surface area contributed by atoms with E-state index in [2.05, 4.69) is 5.32 Å². The molecule has 1 aromatic rings. The van der Waals surface area contributed by atoms with Gasteiger partial charge < -0.3 is 10.1 Å². The van der Waals surface area contributed by atoms with Crippen LogP contribution < -0.4 is 10.1 Å². The van der Waals surface area contributed by atoms with Crippen LogP contribution in [0.4, 0.5) is 0 Å². The van der Waals surface area contributed by atoms with Crippen molar-refractivity contribution in [3.05, 3.63) is 29.8 Å². The molecule has 3 heteroatoms. The fourth-order valence-corrected chi connectivity index (χ4v) is 1.97. The number of hydrogen-bond acceptors (Lipinski definition) is 2. The monoisotopic (exact) mass is 219 g/mol. The molecule has 0 bridgehead atoms. The summed E-state index contributed by atoms with van der Waals surface area (Å²) in [5.41, 5.74) is 1.10. The number of carbonyl (C=O) groups is 1. The van der Waals surface area contributed by atoms with Crippen LogP contribution in [0, 0.1) is 0 Å². The van der Waals surface area contributed by atoms with Crippen LogP contribution in [0.25, 0.3) is 0 Å². The van der Waals surface area contributed by atoms with Crippen LogP contribution in [0.5, 0.6) is 5.75 Å². The second-order valence-electron chi connectivity index (χ2n) is 4.00. The molecule has 3 nitrogen and oxygen atoms in total. The molecule has 86 valence electrons. The Hall–Kier alpha value is -1.51. The predicted octanol–water partition coefficient (Wildman–Crippen LogP) is 2.43. The van der Waals surface area contributed by atoms with Gasteiger partial charge in [-0.2, -0.15) is 0 Å². The van der Waals surface area contributed by atoms with Crippen molar-refractivity contribution in [2.45, 2.75) is 32.2 Å². The van der Waals surface area contributed by atoms with E-state index < -0.39 is 0 Å². The number of ether oxygens (including phenoxy) is 1. The highest BCUT2D eigenvalue weighted by atomic mass is 16.5. The van der Waals surface area contributed by atoms with E-state index in [0.29, 0.717) is 6.42 Å². The summed E-state index contributed by atoms with van der Waals surface area (Å²) < 4.78 is 5.64. The third kappa shape index (κ3) is 2.35. The Kier molecular flexibility index (Phi) is 3.44. The second kappa shape index (κ2) is 5.01. The van der Waals surface area contributed by atoms with Crippen molar-refractivity contribution in [1.29, 1.82) is 0 Å². The summed E-state index contributed by atoms with van der Waals surface area (Å²) in [5, 5.41) is 3.05. The van der Waals surface area contributed by atoms with Gasteiger partial charge in [-0.05, 0) is 18.9 Å². The molecule has 1 aliphatic rings. The summed E-state index contributed by atoms with van der Waals surface area (Å²) in [6, 6.07) is 8.04. The zero-order valence-electron chi connectivity index (χ0n) is 9.53. The summed E-state index contributed by atoms with van der Waals surface area (Å²) in [6.07, 6.45) is 2.45. The molecular weight excluding hydrogens is 202 g/mol. The topological polar surface area (TPSA) is 38.3 Å². The zero-order chi connectivity index (χ0) is 11.4. The van der Waals surface area contributed by atoms with Crippen molar-refractivity contribution in [2.75, 3.05) is 6.61 Å². The van der Waals surface area contributed by atoms with Gasteiger partial charge in [-0.25, -0.2) is 0 Å². The summed E-state index contributed by atoms with van der Waals surface area (Å²) >= 11 is 0. The number of fused-ring (bicyclic) bond motifs is 1. The number of amides is 1. The van der Waals surface area contributed by atoms with Crippen molar-refractivity contribution in [3.63, 3.8) is 0 Å². The van der Waals surface area contributed by atoms with E-state index in [1.807, 2.05) is 31.2 Å². The van der Waals surface area contributed by atoms with Crippen molar-refractivity contribution < 1.29 is 9.53 Å². The quantitative estimate of drug-likeness (QED) is 0.829. The Morgan fingerprint density at radius 1 is 1.50 bits per heavy atom. The minimum Gasteiger partial charge on any atom is -0.493 e.